The molecule has 2 aromatic carbocycles. The highest BCUT2D eigenvalue weighted by atomic mass is 32.1. The molecule has 1 aliphatic heterocycles. The number of hydrogen-bond donors (Lipinski definition) is 1. The van der Waals surface area contributed by atoms with Crippen molar-refractivity contribution < 1.29 is 9.59 Å². The van der Waals surface area contributed by atoms with Gasteiger partial charge in [0.05, 0.1) is 5.69 Å². The number of anilines is 3. The third-order valence-corrected chi connectivity index (χ3v) is 5.73. The van der Waals surface area contributed by atoms with Crippen molar-refractivity contribution in [3.05, 3.63) is 59.0 Å². The molecule has 1 amide bonds. The summed E-state index contributed by atoms with van der Waals surface area (Å²) in [5.41, 5.74) is 5.73. The minimum Gasteiger partial charge on any atom is -0.332 e. The Balaban J connectivity index is 1.54. The maximum Gasteiger partial charge on any atom is 0.224 e. The van der Waals surface area contributed by atoms with E-state index in [1.54, 1.807) is 13.8 Å². The van der Waals surface area contributed by atoms with Crippen LogP contribution in [-0.4, -0.2) is 22.7 Å². The number of fused-ring (bicyclic) bond motifs is 1. The molecule has 6 heteroatoms. The van der Waals surface area contributed by atoms with E-state index in [-0.39, 0.29) is 17.7 Å². The number of carbonyl (C=O) groups is 2. The summed E-state index contributed by atoms with van der Waals surface area (Å²) in [6.45, 7) is 5.24. The van der Waals surface area contributed by atoms with Gasteiger partial charge in [-0.05, 0) is 62.2 Å². The molecule has 1 aliphatic rings. The Morgan fingerprint density at radius 2 is 1.89 bits per heavy atom. The topological polar surface area (TPSA) is 62.3 Å². The highest BCUT2D eigenvalue weighted by Crippen LogP contribution is 2.36. The Bertz CT molecular complexity index is 1060. The molecule has 28 heavy (non-hydrogen) atoms. The molecule has 1 unspecified atom stereocenters. The van der Waals surface area contributed by atoms with E-state index in [0.29, 0.717) is 5.56 Å². The highest BCUT2D eigenvalue weighted by Gasteiger charge is 2.29. The molecule has 0 aliphatic carbocycles. The van der Waals surface area contributed by atoms with Gasteiger partial charge in [0.1, 0.15) is 0 Å². The second-order valence-electron chi connectivity index (χ2n) is 7.08. The third-order valence-electron chi connectivity index (χ3n) is 4.98. The molecule has 0 bridgehead atoms. The molecular formula is C22H21N3O2S. The molecule has 0 radical (unpaired) electrons. The van der Waals surface area contributed by atoms with Crippen LogP contribution < -0.4 is 10.2 Å². The van der Waals surface area contributed by atoms with Gasteiger partial charge in [0.2, 0.25) is 5.91 Å². The number of aromatic nitrogens is 1. The number of Topliss-reactive ketones (excluding diaryl/α,β-unsaturated/α-hetero) is 1. The summed E-state index contributed by atoms with van der Waals surface area (Å²) in [7, 11) is 0. The number of nitrogens with zero attached hydrogens (tertiary/aromatic N) is 2. The summed E-state index contributed by atoms with van der Waals surface area (Å²) >= 11 is 1.54. The SMILES string of the molecule is CC(=O)c1ccc(Nc2nc(-c3ccc4c(c3)CC(C)N4C(C)=O)cs2)cc1. The summed E-state index contributed by atoms with van der Waals surface area (Å²) in [4.78, 5) is 29.8. The van der Waals surface area contributed by atoms with E-state index in [4.69, 9.17) is 4.98 Å². The van der Waals surface area contributed by atoms with Crippen LogP contribution in [0.25, 0.3) is 11.3 Å². The zero-order valence-corrected chi connectivity index (χ0v) is 16.8. The fraction of sp³-hybridized carbons (Fsp3) is 0.227. The predicted octanol–water partition coefficient (Wildman–Crippen LogP) is 5.05. The minimum atomic E-state index is 0.0531. The largest absolute Gasteiger partial charge is 0.332 e. The second kappa shape index (κ2) is 7.20. The molecular weight excluding hydrogens is 370 g/mol. The molecule has 0 saturated heterocycles. The van der Waals surface area contributed by atoms with E-state index in [1.165, 1.54) is 16.9 Å². The Morgan fingerprint density at radius 1 is 1.14 bits per heavy atom. The Hall–Kier alpha value is -2.99. The molecule has 1 aromatic heterocycles. The van der Waals surface area contributed by atoms with E-state index in [1.807, 2.05) is 46.7 Å². The Morgan fingerprint density at radius 3 is 2.57 bits per heavy atom. The zero-order chi connectivity index (χ0) is 19.8. The average molecular weight is 391 g/mol. The van der Waals surface area contributed by atoms with Crippen molar-refractivity contribution >= 4 is 39.5 Å². The van der Waals surface area contributed by atoms with Crippen LogP contribution >= 0.6 is 11.3 Å². The number of carbonyl (C=O) groups excluding carboxylic acids is 2. The van der Waals surface area contributed by atoms with Gasteiger partial charge >= 0.3 is 0 Å². The predicted molar refractivity (Wildman–Crippen MR) is 114 cm³/mol. The summed E-state index contributed by atoms with van der Waals surface area (Å²) in [5.74, 6) is 0.132. The van der Waals surface area contributed by atoms with Gasteiger partial charge in [-0.2, -0.15) is 0 Å². The lowest BCUT2D eigenvalue weighted by atomic mass is 10.1. The van der Waals surface area contributed by atoms with Gasteiger partial charge in [0.25, 0.3) is 0 Å². The van der Waals surface area contributed by atoms with Crippen molar-refractivity contribution in [2.75, 3.05) is 10.2 Å². The number of thiazole rings is 1. The second-order valence-corrected chi connectivity index (χ2v) is 7.94. The molecule has 1 N–H and O–H groups in total. The first-order valence-electron chi connectivity index (χ1n) is 9.19. The van der Waals surface area contributed by atoms with E-state index < -0.39 is 0 Å². The Kier molecular flexibility index (Phi) is 4.73. The van der Waals surface area contributed by atoms with Crippen LogP contribution in [0.2, 0.25) is 0 Å². The van der Waals surface area contributed by atoms with Crippen molar-refractivity contribution in [2.24, 2.45) is 0 Å². The molecule has 0 fully saturated rings. The third kappa shape index (κ3) is 3.43. The maximum absolute atomic E-state index is 11.9. The smallest absolute Gasteiger partial charge is 0.224 e. The van der Waals surface area contributed by atoms with Crippen molar-refractivity contribution in [2.45, 2.75) is 33.2 Å². The average Bonchev–Trinajstić information content (AvgIpc) is 3.24. The fourth-order valence-electron chi connectivity index (χ4n) is 3.65. The monoisotopic (exact) mass is 391 g/mol. The lowest BCUT2D eigenvalue weighted by molar-refractivity contribution is -0.116. The number of benzene rings is 2. The summed E-state index contributed by atoms with van der Waals surface area (Å²) < 4.78 is 0. The van der Waals surface area contributed by atoms with Crippen LogP contribution in [0.3, 0.4) is 0 Å². The molecule has 1 atom stereocenters. The summed E-state index contributed by atoms with van der Waals surface area (Å²) in [5, 5.41) is 6.10. The number of rotatable bonds is 4. The van der Waals surface area contributed by atoms with E-state index in [2.05, 4.69) is 18.3 Å². The standard InChI is InChI=1S/C22H21N3O2S/c1-13-10-18-11-17(6-9-21(18)25(13)15(3)27)20-12-28-22(24-20)23-19-7-4-16(5-8-19)14(2)26/h4-9,11-13H,10H2,1-3H3,(H,23,24). The van der Waals surface area contributed by atoms with Gasteiger partial charge in [-0.1, -0.05) is 6.07 Å². The summed E-state index contributed by atoms with van der Waals surface area (Å²) in [6, 6.07) is 13.7. The van der Waals surface area contributed by atoms with E-state index in [9.17, 15) is 9.59 Å². The van der Waals surface area contributed by atoms with Gasteiger partial charge in [-0.15, -0.1) is 11.3 Å². The normalized spacial score (nSPS) is 15.4. The summed E-state index contributed by atoms with van der Waals surface area (Å²) in [6.07, 6.45) is 0.862. The number of amides is 1. The number of ketones is 1. The lowest BCUT2D eigenvalue weighted by Gasteiger charge is -2.20. The number of hydrogen-bond acceptors (Lipinski definition) is 5. The van der Waals surface area contributed by atoms with Crippen LogP contribution in [0.15, 0.2) is 47.8 Å². The van der Waals surface area contributed by atoms with Gasteiger partial charge in [0.15, 0.2) is 10.9 Å². The van der Waals surface area contributed by atoms with Gasteiger partial charge < -0.3 is 10.2 Å². The molecule has 2 heterocycles. The first-order valence-corrected chi connectivity index (χ1v) is 10.1. The Labute approximate surface area is 168 Å². The zero-order valence-electron chi connectivity index (χ0n) is 16.0. The fourth-order valence-corrected chi connectivity index (χ4v) is 4.39. The maximum atomic E-state index is 11.9. The molecule has 4 rings (SSSR count). The van der Waals surface area contributed by atoms with Crippen LogP contribution in [0.1, 0.15) is 36.7 Å². The van der Waals surface area contributed by atoms with Gasteiger partial charge in [-0.3, -0.25) is 9.59 Å². The van der Waals surface area contributed by atoms with E-state index >= 15 is 0 Å². The molecule has 5 nitrogen and oxygen atoms in total. The molecule has 3 aromatic rings. The molecule has 0 spiro atoms. The number of nitrogens with one attached hydrogen (secondary N) is 1. The van der Waals surface area contributed by atoms with Crippen LogP contribution in [-0.2, 0) is 11.2 Å². The van der Waals surface area contributed by atoms with Crippen molar-refractivity contribution in [3.63, 3.8) is 0 Å². The van der Waals surface area contributed by atoms with Gasteiger partial charge in [-0.25, -0.2) is 4.98 Å². The first-order chi connectivity index (χ1) is 13.4. The molecule has 142 valence electrons. The van der Waals surface area contributed by atoms with Crippen LogP contribution in [0.4, 0.5) is 16.5 Å². The quantitative estimate of drug-likeness (QED) is 0.632. The van der Waals surface area contributed by atoms with Gasteiger partial charge in [0, 0.05) is 40.8 Å². The first kappa shape index (κ1) is 18.4. The van der Waals surface area contributed by atoms with Crippen molar-refractivity contribution in [1.82, 2.24) is 4.98 Å². The van der Waals surface area contributed by atoms with E-state index in [0.717, 1.165) is 34.2 Å². The lowest BCUT2D eigenvalue weighted by Crippen LogP contribution is -2.33. The van der Waals surface area contributed by atoms with Crippen LogP contribution in [0, 0.1) is 0 Å². The minimum absolute atomic E-state index is 0.0531. The van der Waals surface area contributed by atoms with Crippen molar-refractivity contribution in [3.8, 4) is 11.3 Å². The van der Waals surface area contributed by atoms with Crippen LogP contribution in [0.5, 0.6) is 0 Å². The van der Waals surface area contributed by atoms with Crippen molar-refractivity contribution in [1.29, 1.82) is 0 Å². The molecule has 0 saturated carbocycles. The highest BCUT2D eigenvalue weighted by molar-refractivity contribution is 7.14.